The van der Waals surface area contributed by atoms with Crippen molar-refractivity contribution in [2.24, 2.45) is 5.92 Å². The molecule has 4 aromatic rings. The molecule has 0 amide bonds. The number of aromatic hydroxyl groups is 1. The number of nitrogens with zero attached hydrogens (tertiary/aromatic N) is 1. The number of carbonyl (C=O) groups excluding carboxylic acids is 1. The van der Waals surface area contributed by atoms with Crippen molar-refractivity contribution in [2.75, 3.05) is 32.9 Å². The number of aryl methyl sites for hydroxylation is 1. The lowest BCUT2D eigenvalue weighted by atomic mass is 10.0. The van der Waals surface area contributed by atoms with E-state index in [2.05, 4.69) is 4.90 Å². The van der Waals surface area contributed by atoms with Gasteiger partial charge in [0, 0.05) is 34.7 Å². The molecular formula is C29H26ClF2NO4S. The van der Waals surface area contributed by atoms with Gasteiger partial charge in [0.2, 0.25) is 5.78 Å². The first-order chi connectivity index (χ1) is 18.3. The van der Waals surface area contributed by atoms with Gasteiger partial charge in [-0.2, -0.15) is 0 Å². The van der Waals surface area contributed by atoms with Crippen LogP contribution in [-0.2, 0) is 0 Å². The predicted octanol–water partition coefficient (Wildman–Crippen LogP) is 7.40. The zero-order valence-electron chi connectivity index (χ0n) is 20.7. The summed E-state index contributed by atoms with van der Waals surface area (Å²) in [7, 11) is 0. The number of benzene rings is 3. The molecule has 198 valence electrons. The SMILES string of the molecule is Cc1cc(F)cc(Cl)c1C(=O)c1sc2cc(O)ccc2c1Oc1ccc(OCCN2CC[C@H](CF)C2)cc1. The highest BCUT2D eigenvalue weighted by Crippen LogP contribution is 2.43. The fraction of sp³-hybridized carbons (Fsp3) is 0.276. The van der Waals surface area contributed by atoms with Crippen molar-refractivity contribution in [1.29, 1.82) is 0 Å². The molecule has 1 N–H and O–H groups in total. The minimum Gasteiger partial charge on any atom is -0.508 e. The molecule has 0 aliphatic carbocycles. The molecule has 1 aliphatic rings. The Morgan fingerprint density at radius 2 is 1.92 bits per heavy atom. The van der Waals surface area contributed by atoms with Crippen LogP contribution in [0.3, 0.4) is 0 Å². The smallest absolute Gasteiger partial charge is 0.208 e. The van der Waals surface area contributed by atoms with Crippen LogP contribution in [0.4, 0.5) is 8.78 Å². The zero-order valence-corrected chi connectivity index (χ0v) is 22.2. The molecule has 0 saturated carbocycles. The van der Waals surface area contributed by atoms with Crippen LogP contribution in [0.2, 0.25) is 5.02 Å². The van der Waals surface area contributed by atoms with Crippen LogP contribution >= 0.6 is 22.9 Å². The quantitative estimate of drug-likeness (QED) is 0.217. The highest BCUT2D eigenvalue weighted by atomic mass is 35.5. The van der Waals surface area contributed by atoms with E-state index < -0.39 is 5.82 Å². The molecule has 0 spiro atoms. The number of carbonyl (C=O) groups is 1. The van der Waals surface area contributed by atoms with Gasteiger partial charge in [0.1, 0.15) is 34.5 Å². The van der Waals surface area contributed by atoms with E-state index in [0.717, 1.165) is 32.1 Å². The minimum absolute atomic E-state index is 0.0226. The standard InChI is InChI=1S/C29H26ClF2NO4S/c1-17-12-19(32)13-24(30)26(17)27(35)29-28(23-7-2-20(34)14-25(23)38-29)37-22-5-3-21(4-6-22)36-11-10-33-9-8-18(15-31)16-33/h2-7,12-14,18,34H,8-11,15-16H2,1H3/t18-/m1/s1. The molecule has 1 saturated heterocycles. The second-order valence-corrected chi connectivity index (χ2v) is 10.8. The number of ketones is 1. The van der Waals surface area contributed by atoms with E-state index in [1.807, 2.05) is 0 Å². The summed E-state index contributed by atoms with van der Waals surface area (Å²) in [6.45, 7) is 4.24. The Kier molecular flexibility index (Phi) is 7.83. The van der Waals surface area contributed by atoms with Crippen LogP contribution in [0.25, 0.3) is 10.1 Å². The fourth-order valence-electron chi connectivity index (χ4n) is 4.67. The Bertz CT molecular complexity index is 1450. The molecule has 0 bridgehead atoms. The molecule has 1 atom stereocenters. The molecule has 5 nitrogen and oxygen atoms in total. The second-order valence-electron chi connectivity index (χ2n) is 9.38. The van der Waals surface area contributed by atoms with Gasteiger partial charge in [-0.05, 0) is 80.1 Å². The lowest BCUT2D eigenvalue weighted by Crippen LogP contribution is -2.26. The lowest BCUT2D eigenvalue weighted by molar-refractivity contribution is 0.104. The van der Waals surface area contributed by atoms with Gasteiger partial charge in [0.05, 0.1) is 11.7 Å². The molecule has 1 fully saturated rings. The Balaban J connectivity index is 1.36. The molecule has 0 unspecified atom stereocenters. The average molecular weight is 558 g/mol. The number of alkyl halides is 1. The number of phenolic OH excluding ortho intramolecular Hbond substituents is 1. The number of fused-ring (bicyclic) bond motifs is 1. The van der Waals surface area contributed by atoms with Crippen LogP contribution in [0.15, 0.2) is 54.6 Å². The summed E-state index contributed by atoms with van der Waals surface area (Å²) in [6, 6.07) is 14.2. The van der Waals surface area contributed by atoms with E-state index in [9.17, 15) is 18.7 Å². The summed E-state index contributed by atoms with van der Waals surface area (Å²) in [5.74, 6) is 0.780. The molecular weight excluding hydrogens is 532 g/mol. The lowest BCUT2D eigenvalue weighted by Gasteiger charge is -2.16. The Morgan fingerprint density at radius 3 is 2.63 bits per heavy atom. The van der Waals surface area contributed by atoms with Crippen molar-refractivity contribution in [3.63, 3.8) is 0 Å². The summed E-state index contributed by atoms with van der Waals surface area (Å²) in [4.78, 5) is 16.1. The second kappa shape index (κ2) is 11.3. The Labute approximate surface area is 228 Å². The third kappa shape index (κ3) is 5.62. The van der Waals surface area contributed by atoms with Crippen molar-refractivity contribution in [3.8, 4) is 23.0 Å². The highest BCUT2D eigenvalue weighted by Gasteiger charge is 2.26. The maximum absolute atomic E-state index is 13.8. The van der Waals surface area contributed by atoms with Gasteiger partial charge >= 0.3 is 0 Å². The van der Waals surface area contributed by atoms with E-state index in [4.69, 9.17) is 21.1 Å². The van der Waals surface area contributed by atoms with Gasteiger partial charge in [0.15, 0.2) is 5.75 Å². The Hall–Kier alpha value is -3.20. The van der Waals surface area contributed by atoms with Crippen molar-refractivity contribution >= 4 is 38.8 Å². The number of phenols is 1. The van der Waals surface area contributed by atoms with Gasteiger partial charge in [-0.15, -0.1) is 11.3 Å². The fourth-order valence-corrected chi connectivity index (χ4v) is 6.12. The van der Waals surface area contributed by atoms with E-state index in [1.165, 1.54) is 23.5 Å². The summed E-state index contributed by atoms with van der Waals surface area (Å²) in [5, 5.41) is 10.7. The normalized spacial score (nSPS) is 15.7. The van der Waals surface area contributed by atoms with Gasteiger partial charge in [-0.1, -0.05) is 11.6 Å². The molecule has 1 aromatic heterocycles. The zero-order chi connectivity index (χ0) is 26.8. The van der Waals surface area contributed by atoms with Crippen LogP contribution in [0, 0.1) is 18.7 Å². The molecule has 9 heteroatoms. The van der Waals surface area contributed by atoms with Crippen molar-refractivity contribution in [3.05, 3.63) is 81.4 Å². The molecule has 1 aliphatic heterocycles. The number of halogens is 3. The largest absolute Gasteiger partial charge is 0.508 e. The molecule has 38 heavy (non-hydrogen) atoms. The number of ether oxygens (including phenoxy) is 2. The molecule has 5 rings (SSSR count). The summed E-state index contributed by atoms with van der Waals surface area (Å²) in [6.07, 6.45) is 0.886. The summed E-state index contributed by atoms with van der Waals surface area (Å²) < 4.78 is 39.3. The van der Waals surface area contributed by atoms with Gasteiger partial charge < -0.3 is 14.6 Å². The first-order valence-corrected chi connectivity index (χ1v) is 13.5. The van der Waals surface area contributed by atoms with Gasteiger partial charge in [-0.3, -0.25) is 14.1 Å². The molecule has 2 heterocycles. The first-order valence-electron chi connectivity index (χ1n) is 12.3. The number of likely N-dealkylation sites (tertiary alicyclic amines) is 1. The number of thiophene rings is 1. The van der Waals surface area contributed by atoms with E-state index in [-0.39, 0.29) is 34.7 Å². The monoisotopic (exact) mass is 557 g/mol. The van der Waals surface area contributed by atoms with Gasteiger partial charge in [0.25, 0.3) is 0 Å². The minimum atomic E-state index is -0.520. The highest BCUT2D eigenvalue weighted by molar-refractivity contribution is 7.21. The summed E-state index contributed by atoms with van der Waals surface area (Å²) >= 11 is 7.43. The van der Waals surface area contributed by atoms with E-state index in [1.54, 1.807) is 43.3 Å². The van der Waals surface area contributed by atoms with E-state index >= 15 is 0 Å². The topological polar surface area (TPSA) is 59.0 Å². The van der Waals surface area contributed by atoms with Crippen molar-refractivity contribution < 1.29 is 28.2 Å². The van der Waals surface area contributed by atoms with Crippen LogP contribution in [-0.4, -0.2) is 48.7 Å². The number of hydrogen-bond acceptors (Lipinski definition) is 6. The third-order valence-corrected chi connectivity index (χ3v) is 8.05. The average Bonchev–Trinajstić information content (AvgIpc) is 3.48. The number of hydrogen-bond donors (Lipinski definition) is 1. The first kappa shape index (κ1) is 26.4. The summed E-state index contributed by atoms with van der Waals surface area (Å²) in [5.41, 5.74) is 0.621. The Morgan fingerprint density at radius 1 is 1.16 bits per heavy atom. The van der Waals surface area contributed by atoms with Crippen molar-refractivity contribution in [2.45, 2.75) is 13.3 Å². The third-order valence-electron chi connectivity index (χ3n) is 6.62. The van der Waals surface area contributed by atoms with Crippen LogP contribution in [0.1, 0.15) is 27.2 Å². The van der Waals surface area contributed by atoms with Crippen LogP contribution < -0.4 is 9.47 Å². The number of rotatable bonds is 9. The predicted molar refractivity (Wildman–Crippen MR) is 146 cm³/mol. The van der Waals surface area contributed by atoms with E-state index in [0.29, 0.717) is 44.4 Å². The van der Waals surface area contributed by atoms with Crippen molar-refractivity contribution in [1.82, 2.24) is 4.90 Å². The maximum Gasteiger partial charge on any atom is 0.208 e. The molecule has 0 radical (unpaired) electrons. The maximum atomic E-state index is 13.8. The van der Waals surface area contributed by atoms with Crippen LogP contribution in [0.5, 0.6) is 23.0 Å². The molecule has 3 aromatic carbocycles. The van der Waals surface area contributed by atoms with Gasteiger partial charge in [-0.25, -0.2) is 4.39 Å².